The summed E-state index contributed by atoms with van der Waals surface area (Å²) >= 11 is 13.3. The van der Waals surface area contributed by atoms with Gasteiger partial charge in [0.25, 0.3) is 0 Å². The number of hydrogen-bond donors (Lipinski definition) is 1. The predicted octanol–water partition coefficient (Wildman–Crippen LogP) is 5.13. The van der Waals surface area contributed by atoms with Gasteiger partial charge in [0.15, 0.2) is 0 Å². The van der Waals surface area contributed by atoms with Crippen molar-refractivity contribution in [3.63, 3.8) is 0 Å². The molecule has 3 rings (SSSR count). The SMILES string of the molecule is O=C(Nc1c(Cl)cc(Cl)c2c1N=S=N2)N1CCCCCC1. The summed E-state index contributed by atoms with van der Waals surface area (Å²) in [6, 6.07) is 1.45. The maximum absolute atomic E-state index is 12.4. The number of fused-ring (bicyclic) bond motifs is 1. The van der Waals surface area contributed by atoms with E-state index in [9.17, 15) is 4.79 Å². The summed E-state index contributed by atoms with van der Waals surface area (Å²) < 4.78 is 8.32. The number of nitrogens with zero attached hydrogens (tertiary/aromatic N) is 3. The monoisotopic (exact) mass is 344 g/mol. The average molecular weight is 345 g/mol. The van der Waals surface area contributed by atoms with Gasteiger partial charge in [0, 0.05) is 13.1 Å². The molecule has 21 heavy (non-hydrogen) atoms. The maximum atomic E-state index is 12.4. The van der Waals surface area contributed by atoms with E-state index in [0.717, 1.165) is 37.3 Å². The Hall–Kier alpha value is -1.11. The summed E-state index contributed by atoms with van der Waals surface area (Å²) in [6.07, 6.45) is 4.42. The van der Waals surface area contributed by atoms with Crippen LogP contribution in [0.3, 0.4) is 0 Å². The Morgan fingerprint density at radius 2 is 1.76 bits per heavy atom. The van der Waals surface area contributed by atoms with Gasteiger partial charge in [0.05, 0.1) is 27.1 Å². The normalized spacial score (nSPS) is 17.1. The summed E-state index contributed by atoms with van der Waals surface area (Å²) in [5, 5.41) is 3.68. The molecule has 5 nitrogen and oxygen atoms in total. The molecule has 0 aliphatic carbocycles. The number of amides is 2. The van der Waals surface area contributed by atoms with E-state index in [0.29, 0.717) is 27.1 Å². The van der Waals surface area contributed by atoms with Crippen LogP contribution in [0.4, 0.5) is 21.9 Å². The second-order valence-electron chi connectivity index (χ2n) is 5.01. The Kier molecular flexibility index (Phi) is 4.47. The van der Waals surface area contributed by atoms with Crippen molar-refractivity contribution in [2.24, 2.45) is 8.73 Å². The van der Waals surface area contributed by atoms with Gasteiger partial charge in [-0.05, 0) is 18.9 Å². The van der Waals surface area contributed by atoms with Crippen molar-refractivity contribution in [3.05, 3.63) is 16.1 Å². The molecular weight excluding hydrogens is 331 g/mol. The molecule has 0 bridgehead atoms. The van der Waals surface area contributed by atoms with E-state index in [2.05, 4.69) is 14.0 Å². The standard InChI is InChI=1S/C13H14Cl2N4OS/c14-8-7-9(15)11-12(18-21-17-11)10(8)16-13(20)19-5-3-1-2-4-6-19/h7H,1-6H2,(H,16,20). The minimum atomic E-state index is -0.143. The van der Waals surface area contributed by atoms with E-state index in [4.69, 9.17) is 23.2 Å². The van der Waals surface area contributed by atoms with Crippen LogP contribution < -0.4 is 5.32 Å². The Labute approximate surface area is 136 Å². The van der Waals surface area contributed by atoms with Crippen molar-refractivity contribution >= 4 is 57.6 Å². The van der Waals surface area contributed by atoms with Crippen LogP contribution in [0.1, 0.15) is 25.7 Å². The molecule has 0 atom stereocenters. The third kappa shape index (κ3) is 3.07. The molecular formula is C13H14Cl2N4OS. The second kappa shape index (κ2) is 6.34. The van der Waals surface area contributed by atoms with Crippen LogP contribution in [0.2, 0.25) is 10.0 Å². The van der Waals surface area contributed by atoms with Gasteiger partial charge < -0.3 is 10.2 Å². The number of benzene rings is 1. The first-order chi connectivity index (χ1) is 10.2. The number of likely N-dealkylation sites (tertiary alicyclic amines) is 1. The molecule has 0 aromatic heterocycles. The van der Waals surface area contributed by atoms with Crippen LogP contribution in [0.25, 0.3) is 0 Å². The van der Waals surface area contributed by atoms with Gasteiger partial charge in [-0.1, -0.05) is 36.0 Å². The molecule has 2 amide bonds. The zero-order valence-electron chi connectivity index (χ0n) is 11.2. The molecule has 1 N–H and O–H groups in total. The summed E-state index contributed by atoms with van der Waals surface area (Å²) in [5.41, 5.74) is 1.59. The molecule has 1 saturated heterocycles. The molecule has 2 heterocycles. The van der Waals surface area contributed by atoms with Gasteiger partial charge in [-0.25, -0.2) is 4.79 Å². The lowest BCUT2D eigenvalue weighted by Crippen LogP contribution is -2.35. The molecule has 0 spiro atoms. The van der Waals surface area contributed by atoms with Crippen LogP contribution in [0.5, 0.6) is 0 Å². The summed E-state index contributed by atoms with van der Waals surface area (Å²) in [6.45, 7) is 1.55. The summed E-state index contributed by atoms with van der Waals surface area (Å²) in [5.74, 6) is 0. The predicted molar refractivity (Wildman–Crippen MR) is 87.1 cm³/mol. The first-order valence-corrected chi connectivity index (χ1v) is 8.31. The third-order valence-corrected chi connectivity index (χ3v) is 4.68. The maximum Gasteiger partial charge on any atom is 0.321 e. The first-order valence-electron chi connectivity index (χ1n) is 6.83. The molecule has 1 aromatic rings. The highest BCUT2D eigenvalue weighted by atomic mass is 35.5. The van der Waals surface area contributed by atoms with E-state index < -0.39 is 0 Å². The third-order valence-electron chi connectivity index (χ3n) is 3.57. The Balaban J connectivity index is 1.84. The molecule has 8 heteroatoms. The van der Waals surface area contributed by atoms with Gasteiger partial charge in [0.2, 0.25) is 0 Å². The quantitative estimate of drug-likeness (QED) is 0.765. The molecule has 1 fully saturated rings. The van der Waals surface area contributed by atoms with Crippen molar-refractivity contribution in [1.82, 2.24) is 4.90 Å². The molecule has 112 valence electrons. The van der Waals surface area contributed by atoms with Crippen molar-refractivity contribution < 1.29 is 4.79 Å². The van der Waals surface area contributed by atoms with E-state index in [-0.39, 0.29) is 6.03 Å². The van der Waals surface area contributed by atoms with Gasteiger partial charge in [-0.2, -0.15) is 8.73 Å². The number of carbonyl (C=O) groups excluding carboxylic acids is 1. The first kappa shape index (κ1) is 14.8. The highest BCUT2D eigenvalue weighted by molar-refractivity contribution is 7.58. The van der Waals surface area contributed by atoms with Crippen LogP contribution in [-0.4, -0.2) is 24.0 Å². The fraction of sp³-hybridized carbons (Fsp3) is 0.462. The van der Waals surface area contributed by atoms with Crippen molar-refractivity contribution in [1.29, 1.82) is 0 Å². The number of hydrogen-bond acceptors (Lipinski definition) is 3. The number of rotatable bonds is 1. The number of halogens is 2. The Morgan fingerprint density at radius 1 is 1.10 bits per heavy atom. The molecule has 1 aromatic carbocycles. The van der Waals surface area contributed by atoms with Crippen LogP contribution in [0.15, 0.2) is 14.8 Å². The van der Waals surface area contributed by atoms with E-state index in [1.54, 1.807) is 6.07 Å². The van der Waals surface area contributed by atoms with E-state index in [1.807, 2.05) is 4.90 Å². The van der Waals surface area contributed by atoms with Crippen LogP contribution >= 0.6 is 23.2 Å². The highest BCUT2D eigenvalue weighted by Crippen LogP contribution is 2.47. The number of urea groups is 1. The molecule has 0 radical (unpaired) electrons. The van der Waals surface area contributed by atoms with Gasteiger partial charge >= 0.3 is 6.03 Å². The molecule has 2 aliphatic rings. The number of carbonyl (C=O) groups is 1. The van der Waals surface area contributed by atoms with Gasteiger partial charge in [-0.15, -0.1) is 0 Å². The second-order valence-corrected chi connectivity index (χ2v) is 6.35. The fourth-order valence-corrected chi connectivity index (χ4v) is 3.61. The smallest absolute Gasteiger partial charge is 0.321 e. The topological polar surface area (TPSA) is 57.1 Å². The molecule has 0 unspecified atom stereocenters. The lowest BCUT2D eigenvalue weighted by molar-refractivity contribution is 0.214. The number of nitrogens with one attached hydrogen (secondary N) is 1. The minimum absolute atomic E-state index is 0.143. The largest absolute Gasteiger partial charge is 0.325 e. The summed E-state index contributed by atoms with van der Waals surface area (Å²) in [7, 11) is 0. The van der Waals surface area contributed by atoms with Crippen molar-refractivity contribution in [2.75, 3.05) is 18.4 Å². The van der Waals surface area contributed by atoms with E-state index >= 15 is 0 Å². The van der Waals surface area contributed by atoms with Crippen LogP contribution in [-0.2, 0) is 11.4 Å². The zero-order chi connectivity index (χ0) is 14.8. The molecule has 0 saturated carbocycles. The van der Waals surface area contributed by atoms with Crippen LogP contribution in [0, 0.1) is 0 Å². The van der Waals surface area contributed by atoms with Crippen molar-refractivity contribution in [2.45, 2.75) is 25.7 Å². The van der Waals surface area contributed by atoms with Gasteiger partial charge in [-0.3, -0.25) is 0 Å². The lowest BCUT2D eigenvalue weighted by Gasteiger charge is -2.21. The van der Waals surface area contributed by atoms with Crippen molar-refractivity contribution in [3.8, 4) is 0 Å². The zero-order valence-corrected chi connectivity index (χ0v) is 13.6. The van der Waals surface area contributed by atoms with E-state index in [1.165, 1.54) is 12.8 Å². The number of anilines is 1. The Bertz CT molecular complexity index is 650. The molecule has 2 aliphatic heterocycles. The summed E-state index contributed by atoms with van der Waals surface area (Å²) in [4.78, 5) is 14.2. The Morgan fingerprint density at radius 3 is 2.48 bits per heavy atom. The lowest BCUT2D eigenvalue weighted by atomic mass is 10.2. The average Bonchev–Trinajstić information content (AvgIpc) is 2.78. The highest BCUT2D eigenvalue weighted by Gasteiger charge is 2.22. The fourth-order valence-electron chi connectivity index (χ4n) is 2.45. The van der Waals surface area contributed by atoms with Gasteiger partial charge in [0.1, 0.15) is 11.4 Å². The minimum Gasteiger partial charge on any atom is -0.325 e.